The van der Waals surface area contributed by atoms with Gasteiger partial charge in [0.15, 0.2) is 0 Å². The molecule has 0 aromatic heterocycles. The number of rotatable bonds is 1. The minimum atomic E-state index is 0.144. The maximum absolute atomic E-state index is 11.7. The number of hydrogen-bond acceptors (Lipinski definition) is 3. The van der Waals surface area contributed by atoms with E-state index in [0.717, 1.165) is 24.1 Å². The molecule has 0 aliphatic carbocycles. The van der Waals surface area contributed by atoms with Crippen LogP contribution >= 0.6 is 0 Å². The lowest BCUT2D eigenvalue weighted by Gasteiger charge is -2.20. The fourth-order valence-corrected chi connectivity index (χ4v) is 2.15. The van der Waals surface area contributed by atoms with Crippen molar-refractivity contribution in [3.63, 3.8) is 0 Å². The van der Waals surface area contributed by atoms with Gasteiger partial charge < -0.3 is 15.4 Å². The first-order valence-corrected chi connectivity index (χ1v) is 5.37. The van der Waals surface area contributed by atoms with Crippen molar-refractivity contribution in [1.29, 1.82) is 0 Å². The fourth-order valence-electron chi connectivity index (χ4n) is 2.15. The molecule has 2 rings (SSSR count). The molecule has 86 valence electrons. The molecule has 16 heavy (non-hydrogen) atoms. The maximum atomic E-state index is 11.7. The Bertz CT molecular complexity index is 429. The summed E-state index contributed by atoms with van der Waals surface area (Å²) in [6.45, 7) is 0. The van der Waals surface area contributed by atoms with Crippen molar-refractivity contribution in [2.45, 2.75) is 19.3 Å². The van der Waals surface area contributed by atoms with Crippen molar-refractivity contribution in [1.82, 2.24) is 0 Å². The van der Waals surface area contributed by atoms with Gasteiger partial charge in [-0.2, -0.15) is 0 Å². The highest BCUT2D eigenvalue weighted by molar-refractivity contribution is 5.95. The third-order valence-electron chi connectivity index (χ3n) is 3.02. The number of nitrogens with zero attached hydrogens (tertiary/aromatic N) is 1. The lowest BCUT2D eigenvalue weighted by molar-refractivity contribution is -0.118. The van der Waals surface area contributed by atoms with E-state index in [4.69, 9.17) is 10.5 Å². The van der Waals surface area contributed by atoms with Crippen LogP contribution in [0.1, 0.15) is 18.4 Å². The number of benzene rings is 1. The second-order valence-corrected chi connectivity index (χ2v) is 3.99. The van der Waals surface area contributed by atoms with Crippen LogP contribution in [0, 0.1) is 0 Å². The predicted octanol–water partition coefficient (Wildman–Crippen LogP) is 1.58. The first kappa shape index (κ1) is 10.8. The summed E-state index contributed by atoms with van der Waals surface area (Å²) in [6.07, 6.45) is 2.25. The fraction of sp³-hybridized carbons (Fsp3) is 0.417. The lowest BCUT2D eigenvalue weighted by Crippen LogP contribution is -2.25. The van der Waals surface area contributed by atoms with Crippen LogP contribution in [0.15, 0.2) is 12.1 Å². The normalized spacial score (nSPS) is 15.6. The molecule has 4 heteroatoms. The van der Waals surface area contributed by atoms with Gasteiger partial charge in [0.1, 0.15) is 5.75 Å². The summed E-state index contributed by atoms with van der Waals surface area (Å²) in [7, 11) is 3.40. The summed E-state index contributed by atoms with van der Waals surface area (Å²) in [5.74, 6) is 0.852. The molecule has 0 spiro atoms. The number of amides is 1. The quantitative estimate of drug-likeness (QED) is 0.731. The number of anilines is 2. The van der Waals surface area contributed by atoms with Crippen LogP contribution in [0.4, 0.5) is 11.4 Å². The molecule has 1 aliphatic rings. The molecular formula is C12H16N2O2. The van der Waals surface area contributed by atoms with Gasteiger partial charge in [0.05, 0.1) is 18.5 Å². The molecule has 0 fully saturated rings. The van der Waals surface area contributed by atoms with E-state index in [9.17, 15) is 4.79 Å². The van der Waals surface area contributed by atoms with Crippen LogP contribution in [0.3, 0.4) is 0 Å². The van der Waals surface area contributed by atoms with Crippen molar-refractivity contribution < 1.29 is 9.53 Å². The van der Waals surface area contributed by atoms with E-state index in [-0.39, 0.29) is 5.91 Å². The van der Waals surface area contributed by atoms with Crippen molar-refractivity contribution >= 4 is 17.3 Å². The number of methoxy groups -OCH3 is 1. The molecule has 0 unspecified atom stereocenters. The van der Waals surface area contributed by atoms with Gasteiger partial charge in [0.25, 0.3) is 0 Å². The largest absolute Gasteiger partial charge is 0.494 e. The van der Waals surface area contributed by atoms with E-state index >= 15 is 0 Å². The molecule has 1 aromatic rings. The highest BCUT2D eigenvalue weighted by Gasteiger charge is 2.22. The van der Waals surface area contributed by atoms with Gasteiger partial charge in [0, 0.05) is 19.0 Å². The summed E-state index contributed by atoms with van der Waals surface area (Å²) in [5, 5.41) is 0. The van der Waals surface area contributed by atoms with Crippen LogP contribution in [0.2, 0.25) is 0 Å². The molecule has 0 bridgehead atoms. The van der Waals surface area contributed by atoms with E-state index in [1.165, 1.54) is 0 Å². The van der Waals surface area contributed by atoms with Gasteiger partial charge in [-0.05, 0) is 25.0 Å². The average Bonchev–Trinajstić information content (AvgIpc) is 2.40. The Morgan fingerprint density at radius 1 is 1.38 bits per heavy atom. The van der Waals surface area contributed by atoms with E-state index in [1.54, 1.807) is 25.1 Å². The minimum Gasteiger partial charge on any atom is -0.494 e. The molecule has 0 saturated carbocycles. The summed E-state index contributed by atoms with van der Waals surface area (Å²) in [4.78, 5) is 13.4. The number of hydrogen-bond donors (Lipinski definition) is 1. The average molecular weight is 220 g/mol. The van der Waals surface area contributed by atoms with E-state index in [0.29, 0.717) is 17.9 Å². The molecule has 1 aliphatic heterocycles. The smallest absolute Gasteiger partial charge is 0.226 e. The Hall–Kier alpha value is -1.71. The third kappa shape index (κ3) is 1.60. The van der Waals surface area contributed by atoms with Crippen molar-refractivity contribution in [2.24, 2.45) is 0 Å². The standard InChI is InChI=1S/C12H16N2O2/c1-14-10-7-6-9(13)12(16-2)8(10)4-3-5-11(14)15/h6-7H,3-5,13H2,1-2H3. The summed E-state index contributed by atoms with van der Waals surface area (Å²) in [6, 6.07) is 3.67. The van der Waals surface area contributed by atoms with Gasteiger partial charge in [-0.1, -0.05) is 0 Å². The second-order valence-electron chi connectivity index (χ2n) is 3.99. The zero-order valence-corrected chi connectivity index (χ0v) is 9.62. The number of ether oxygens (including phenoxy) is 1. The third-order valence-corrected chi connectivity index (χ3v) is 3.02. The van der Waals surface area contributed by atoms with E-state index < -0.39 is 0 Å². The molecule has 1 amide bonds. The first-order valence-electron chi connectivity index (χ1n) is 5.37. The summed E-state index contributed by atoms with van der Waals surface area (Å²) < 4.78 is 5.32. The molecule has 0 radical (unpaired) electrons. The number of carbonyl (C=O) groups is 1. The number of fused-ring (bicyclic) bond motifs is 1. The zero-order valence-electron chi connectivity index (χ0n) is 9.62. The number of nitrogen functional groups attached to an aromatic ring is 1. The molecule has 4 nitrogen and oxygen atoms in total. The van der Waals surface area contributed by atoms with Crippen LogP contribution in [0.5, 0.6) is 5.75 Å². The summed E-state index contributed by atoms with van der Waals surface area (Å²) in [5.41, 5.74) is 8.44. The van der Waals surface area contributed by atoms with Crippen LogP contribution in [-0.2, 0) is 11.2 Å². The van der Waals surface area contributed by atoms with Gasteiger partial charge in [0.2, 0.25) is 5.91 Å². The van der Waals surface area contributed by atoms with Crippen LogP contribution < -0.4 is 15.4 Å². The highest BCUT2D eigenvalue weighted by Crippen LogP contribution is 2.37. The summed E-state index contributed by atoms with van der Waals surface area (Å²) >= 11 is 0. The van der Waals surface area contributed by atoms with Gasteiger partial charge in [-0.25, -0.2) is 0 Å². The van der Waals surface area contributed by atoms with Crippen molar-refractivity contribution in [2.75, 3.05) is 24.8 Å². The van der Waals surface area contributed by atoms with Crippen molar-refractivity contribution in [3.8, 4) is 5.75 Å². The molecule has 1 aromatic carbocycles. The highest BCUT2D eigenvalue weighted by atomic mass is 16.5. The van der Waals surface area contributed by atoms with Gasteiger partial charge >= 0.3 is 0 Å². The first-order chi connectivity index (χ1) is 7.65. The van der Waals surface area contributed by atoms with Crippen LogP contribution in [0.25, 0.3) is 0 Å². The number of carbonyl (C=O) groups excluding carboxylic acids is 1. The number of nitrogens with two attached hydrogens (primary N) is 1. The Morgan fingerprint density at radius 2 is 2.12 bits per heavy atom. The predicted molar refractivity (Wildman–Crippen MR) is 63.8 cm³/mol. The van der Waals surface area contributed by atoms with Gasteiger partial charge in [-0.15, -0.1) is 0 Å². The molecule has 0 atom stereocenters. The molecule has 2 N–H and O–H groups in total. The lowest BCUT2D eigenvalue weighted by atomic mass is 10.1. The van der Waals surface area contributed by atoms with E-state index in [2.05, 4.69) is 0 Å². The maximum Gasteiger partial charge on any atom is 0.226 e. The van der Waals surface area contributed by atoms with Crippen molar-refractivity contribution in [3.05, 3.63) is 17.7 Å². The Labute approximate surface area is 95.0 Å². The Balaban J connectivity index is 2.58. The van der Waals surface area contributed by atoms with Crippen LogP contribution in [-0.4, -0.2) is 20.1 Å². The molecule has 1 heterocycles. The van der Waals surface area contributed by atoms with E-state index in [1.807, 2.05) is 6.07 Å². The second kappa shape index (κ2) is 4.04. The van der Waals surface area contributed by atoms with Gasteiger partial charge in [-0.3, -0.25) is 4.79 Å². The Kier molecular flexibility index (Phi) is 2.73. The zero-order chi connectivity index (χ0) is 11.7. The molecule has 0 saturated heterocycles. The molecular weight excluding hydrogens is 204 g/mol. The monoisotopic (exact) mass is 220 g/mol. The topological polar surface area (TPSA) is 55.6 Å². The minimum absolute atomic E-state index is 0.144. The SMILES string of the molecule is COc1c(N)ccc2c1CCCC(=O)N2C. The Morgan fingerprint density at radius 3 is 2.81 bits per heavy atom.